The summed E-state index contributed by atoms with van der Waals surface area (Å²) in [6.45, 7) is 4.35. The Morgan fingerprint density at radius 3 is 2.46 bits per heavy atom. The third-order valence-corrected chi connectivity index (χ3v) is 9.66. The Labute approximate surface area is 323 Å². The van der Waals surface area contributed by atoms with Crippen molar-refractivity contribution in [2.24, 2.45) is 0 Å². The molecule has 0 aliphatic rings. The Morgan fingerprint density at radius 2 is 1.66 bits per heavy atom. The van der Waals surface area contributed by atoms with Crippen LogP contribution in [-0.2, 0) is 48.7 Å². The van der Waals surface area contributed by atoms with E-state index in [0.717, 1.165) is 22.1 Å². The van der Waals surface area contributed by atoms with Gasteiger partial charge in [0.2, 0.25) is 0 Å². The zero-order valence-corrected chi connectivity index (χ0v) is 31.4. The minimum absolute atomic E-state index is 0.00924. The number of hydrogen-bond donors (Lipinski definition) is 3. The number of carbonyl (C=O) groups is 2. The maximum absolute atomic E-state index is 15.7. The zero-order valence-electron chi connectivity index (χ0n) is 31.4. The lowest BCUT2D eigenvalue weighted by molar-refractivity contribution is -0.146. The van der Waals surface area contributed by atoms with Crippen molar-refractivity contribution in [2.45, 2.75) is 58.0 Å². The molecule has 12 heteroatoms. The minimum Gasteiger partial charge on any atom is -0.466 e. The molecule has 6 rings (SSSR count). The van der Waals surface area contributed by atoms with E-state index in [-0.39, 0.29) is 67.5 Å². The van der Waals surface area contributed by atoms with Crippen LogP contribution in [0.25, 0.3) is 22.3 Å². The summed E-state index contributed by atoms with van der Waals surface area (Å²) in [6, 6.07) is 24.3. The van der Waals surface area contributed by atoms with E-state index in [1.165, 1.54) is 24.3 Å². The van der Waals surface area contributed by atoms with E-state index in [2.05, 4.69) is 15.0 Å². The molecule has 0 radical (unpaired) electrons. The number of carbonyl (C=O) groups excluding carboxylic acids is 2. The number of hydrogen-bond acceptors (Lipinski definition) is 8. The van der Waals surface area contributed by atoms with Crippen molar-refractivity contribution in [3.8, 4) is 22.9 Å². The summed E-state index contributed by atoms with van der Waals surface area (Å²) in [4.78, 5) is 34.8. The van der Waals surface area contributed by atoms with Crippen LogP contribution in [0.1, 0.15) is 61.1 Å². The van der Waals surface area contributed by atoms with E-state index in [4.69, 9.17) is 18.9 Å². The standard InChI is InChI=1S/C44H45F2N3O7/c1-3-54-40(51)17-14-29-11-7-12-31(23-29)44(2,28-50)39-26-48-43(49-39)35-24-32(15-16-36(35)45)56-42-34(33-18-20-47-38(33)25-37(42)46)13-8-21-53-22-19-41(52)55-27-30-9-5-4-6-10-30/h4-7,9-12,15-16,18,20,23-26,47,50H,3,8,13-14,17,19,21-22,27-28H2,1-2H3,(H,48,49). The Kier molecular flexibility index (Phi) is 13.3. The molecule has 292 valence electrons. The van der Waals surface area contributed by atoms with E-state index in [1.807, 2.05) is 67.6 Å². The molecule has 2 aromatic heterocycles. The predicted molar refractivity (Wildman–Crippen MR) is 207 cm³/mol. The van der Waals surface area contributed by atoms with Gasteiger partial charge in [-0.2, -0.15) is 0 Å². The molecule has 10 nitrogen and oxygen atoms in total. The predicted octanol–water partition coefficient (Wildman–Crippen LogP) is 8.51. The smallest absolute Gasteiger partial charge is 0.308 e. The highest BCUT2D eigenvalue weighted by molar-refractivity contribution is 5.85. The Balaban J connectivity index is 1.13. The maximum atomic E-state index is 15.7. The number of fused-ring (bicyclic) bond motifs is 1. The van der Waals surface area contributed by atoms with Crippen LogP contribution < -0.4 is 4.74 Å². The number of nitrogens with zero attached hydrogens (tertiary/aromatic N) is 1. The molecule has 0 saturated carbocycles. The summed E-state index contributed by atoms with van der Waals surface area (Å²) in [5.41, 5.74) is 3.51. The largest absolute Gasteiger partial charge is 0.466 e. The van der Waals surface area contributed by atoms with Crippen molar-refractivity contribution in [1.29, 1.82) is 0 Å². The molecule has 0 bridgehead atoms. The van der Waals surface area contributed by atoms with Crippen molar-refractivity contribution in [3.05, 3.63) is 137 Å². The van der Waals surface area contributed by atoms with Gasteiger partial charge < -0.3 is 34.0 Å². The number of H-pyrrole nitrogens is 2. The first-order valence-electron chi connectivity index (χ1n) is 18.6. The Bertz CT molecular complexity index is 2250. The second kappa shape index (κ2) is 18.7. The molecule has 1 atom stereocenters. The number of aromatic nitrogens is 3. The van der Waals surface area contributed by atoms with Gasteiger partial charge in [0.25, 0.3) is 0 Å². The summed E-state index contributed by atoms with van der Waals surface area (Å²) in [5.74, 6) is -1.41. The van der Waals surface area contributed by atoms with E-state index < -0.39 is 17.0 Å². The normalized spacial score (nSPS) is 12.4. The first-order valence-corrected chi connectivity index (χ1v) is 18.6. The van der Waals surface area contributed by atoms with Crippen LogP contribution in [-0.4, -0.2) is 58.4 Å². The average molecular weight is 766 g/mol. The summed E-state index contributed by atoms with van der Waals surface area (Å²) in [6.07, 6.45) is 5.00. The van der Waals surface area contributed by atoms with Gasteiger partial charge in [-0.3, -0.25) is 9.59 Å². The second-order valence-electron chi connectivity index (χ2n) is 13.6. The number of aryl methyl sites for hydroxylation is 2. The van der Waals surface area contributed by atoms with Crippen molar-refractivity contribution in [3.63, 3.8) is 0 Å². The van der Waals surface area contributed by atoms with Gasteiger partial charge in [0, 0.05) is 53.6 Å². The summed E-state index contributed by atoms with van der Waals surface area (Å²) < 4.78 is 53.3. The van der Waals surface area contributed by atoms with Gasteiger partial charge in [-0.15, -0.1) is 0 Å². The minimum atomic E-state index is -0.935. The molecule has 0 aliphatic carbocycles. The van der Waals surface area contributed by atoms with E-state index in [9.17, 15) is 14.7 Å². The van der Waals surface area contributed by atoms with Crippen molar-refractivity contribution in [2.75, 3.05) is 26.4 Å². The fourth-order valence-corrected chi connectivity index (χ4v) is 6.49. The highest BCUT2D eigenvalue weighted by atomic mass is 19.1. The van der Waals surface area contributed by atoms with Gasteiger partial charge in [0.15, 0.2) is 11.6 Å². The number of rotatable bonds is 19. The monoisotopic (exact) mass is 765 g/mol. The lowest BCUT2D eigenvalue weighted by Crippen LogP contribution is -2.29. The molecule has 0 saturated heterocycles. The highest BCUT2D eigenvalue weighted by Crippen LogP contribution is 2.38. The molecule has 56 heavy (non-hydrogen) atoms. The fraction of sp³-hybridized carbons (Fsp3) is 0.295. The molecule has 0 spiro atoms. The van der Waals surface area contributed by atoms with E-state index >= 15 is 8.78 Å². The molecule has 0 amide bonds. The fourth-order valence-electron chi connectivity index (χ4n) is 6.49. The third-order valence-electron chi connectivity index (χ3n) is 9.66. The number of aliphatic hydroxyl groups is 1. The molecular formula is C44H45F2N3O7. The van der Waals surface area contributed by atoms with Crippen molar-refractivity contribution in [1.82, 2.24) is 15.0 Å². The number of aliphatic hydroxyl groups excluding tert-OH is 1. The molecular weight excluding hydrogens is 720 g/mol. The molecule has 0 aliphatic heterocycles. The van der Waals surface area contributed by atoms with Crippen LogP contribution >= 0.6 is 0 Å². The molecule has 0 fully saturated rings. The maximum Gasteiger partial charge on any atom is 0.308 e. The second-order valence-corrected chi connectivity index (χ2v) is 13.6. The highest BCUT2D eigenvalue weighted by Gasteiger charge is 2.31. The third kappa shape index (κ3) is 9.68. The van der Waals surface area contributed by atoms with Crippen LogP contribution in [0.5, 0.6) is 11.5 Å². The number of imidazole rings is 1. The summed E-state index contributed by atoms with van der Waals surface area (Å²) >= 11 is 0. The molecule has 4 aromatic carbocycles. The molecule has 3 N–H and O–H groups in total. The summed E-state index contributed by atoms with van der Waals surface area (Å²) in [7, 11) is 0. The average Bonchev–Trinajstić information content (AvgIpc) is 3.90. The Morgan fingerprint density at radius 1 is 0.857 bits per heavy atom. The van der Waals surface area contributed by atoms with Gasteiger partial charge in [-0.1, -0.05) is 54.6 Å². The SMILES string of the molecule is CCOC(=O)CCc1cccc(C(C)(CO)c2cnc(-c3cc(Oc4c(F)cc5[nH]ccc5c4CCCOCCC(=O)OCc4ccccc4)ccc3F)[nH]2)c1. The van der Waals surface area contributed by atoms with Crippen LogP contribution in [0.15, 0.2) is 97.3 Å². The lowest BCUT2D eigenvalue weighted by Gasteiger charge is -2.27. The van der Waals surface area contributed by atoms with E-state index in [1.54, 1.807) is 19.3 Å². The Hall–Kier alpha value is -5.85. The number of halogens is 2. The molecule has 6 aromatic rings. The lowest BCUT2D eigenvalue weighted by atomic mass is 9.80. The van der Waals surface area contributed by atoms with Crippen LogP contribution in [0.3, 0.4) is 0 Å². The first kappa shape index (κ1) is 39.8. The van der Waals surface area contributed by atoms with Crippen molar-refractivity contribution < 1.29 is 42.4 Å². The van der Waals surface area contributed by atoms with Crippen molar-refractivity contribution >= 4 is 22.8 Å². The van der Waals surface area contributed by atoms with E-state index in [0.29, 0.717) is 49.3 Å². The van der Waals surface area contributed by atoms with Gasteiger partial charge in [0.1, 0.15) is 24.0 Å². The molecule has 1 unspecified atom stereocenters. The summed E-state index contributed by atoms with van der Waals surface area (Å²) in [5, 5.41) is 11.4. The number of ether oxygens (including phenoxy) is 4. The number of aromatic amines is 2. The van der Waals surface area contributed by atoms with Gasteiger partial charge in [-0.05, 0) is 74.1 Å². The zero-order chi connectivity index (χ0) is 39.5. The topological polar surface area (TPSA) is 136 Å². The van der Waals surface area contributed by atoms with Gasteiger partial charge >= 0.3 is 11.9 Å². The number of benzene rings is 4. The molecule has 2 heterocycles. The van der Waals surface area contributed by atoms with Gasteiger partial charge in [0.05, 0.1) is 37.2 Å². The quantitative estimate of drug-likeness (QED) is 0.0552. The number of nitrogens with one attached hydrogen (secondary N) is 2. The van der Waals surface area contributed by atoms with Crippen LogP contribution in [0.4, 0.5) is 8.78 Å². The van der Waals surface area contributed by atoms with Crippen LogP contribution in [0.2, 0.25) is 0 Å². The van der Waals surface area contributed by atoms with Gasteiger partial charge in [-0.25, -0.2) is 13.8 Å². The number of esters is 2. The van der Waals surface area contributed by atoms with Crippen LogP contribution in [0, 0.1) is 11.6 Å². The first-order chi connectivity index (χ1) is 27.2.